The molecule has 0 rings (SSSR count). The van der Waals surface area contributed by atoms with Gasteiger partial charge in [-0.2, -0.15) is 12.6 Å². The number of nitrogens with two attached hydrogens (primary N) is 2. The Balaban J connectivity index is 4.94. The summed E-state index contributed by atoms with van der Waals surface area (Å²) in [7, 11) is 0. The van der Waals surface area contributed by atoms with Crippen molar-refractivity contribution in [2.45, 2.75) is 25.4 Å². The van der Waals surface area contributed by atoms with Gasteiger partial charge in [-0.25, -0.2) is 9.18 Å². The van der Waals surface area contributed by atoms with E-state index >= 15 is 0 Å². The Morgan fingerprint density at radius 1 is 1.62 bits per heavy atom. The number of hydrogen-bond donors (Lipinski definition) is 4. The van der Waals surface area contributed by atoms with E-state index in [2.05, 4.69) is 17.6 Å². The van der Waals surface area contributed by atoms with Gasteiger partial charge in [-0.1, -0.05) is 6.92 Å². The number of carbonyl (C=O) groups is 1. The number of aliphatic carboxylic acids is 1. The van der Waals surface area contributed by atoms with Crippen molar-refractivity contribution in [2.75, 3.05) is 12.4 Å². The summed E-state index contributed by atoms with van der Waals surface area (Å²) >= 11 is 4.05. The Hall–Kier alpha value is -0.820. The molecule has 0 aliphatic heterocycles. The van der Waals surface area contributed by atoms with Gasteiger partial charge in [0.15, 0.2) is 6.04 Å². The van der Waals surface area contributed by atoms with Crippen molar-refractivity contribution in [3.63, 3.8) is 0 Å². The Labute approximate surface area is 99.5 Å². The number of carboxylic acids is 1. The zero-order valence-electron chi connectivity index (χ0n) is 9.14. The second-order valence-electron chi connectivity index (χ2n) is 3.46. The van der Waals surface area contributed by atoms with Crippen molar-refractivity contribution in [1.29, 1.82) is 0 Å². The Bertz CT molecular complexity index is 263. The summed E-state index contributed by atoms with van der Waals surface area (Å²) in [4.78, 5) is 14.6. The van der Waals surface area contributed by atoms with Gasteiger partial charge in [-0.15, -0.1) is 0 Å². The van der Waals surface area contributed by atoms with Crippen molar-refractivity contribution < 1.29 is 14.3 Å². The Kier molecular flexibility index (Phi) is 7.07. The summed E-state index contributed by atoms with van der Waals surface area (Å²) in [5.74, 6) is -1.70. The van der Waals surface area contributed by atoms with Gasteiger partial charge in [0.1, 0.15) is 12.5 Å². The zero-order valence-corrected chi connectivity index (χ0v) is 10.0. The second kappa shape index (κ2) is 7.45. The minimum Gasteiger partial charge on any atom is -0.480 e. The largest absolute Gasteiger partial charge is 0.480 e. The van der Waals surface area contributed by atoms with Gasteiger partial charge >= 0.3 is 5.97 Å². The van der Waals surface area contributed by atoms with Crippen LogP contribution in [0.2, 0.25) is 0 Å². The van der Waals surface area contributed by atoms with Crippen LogP contribution in [0.1, 0.15) is 13.3 Å². The van der Waals surface area contributed by atoms with Crippen LogP contribution in [0.25, 0.3) is 0 Å². The molecule has 3 atom stereocenters. The molecule has 0 amide bonds. The highest BCUT2D eigenvalue weighted by Gasteiger charge is 2.30. The standard InChI is InChI=1S/C9H18FN3O2S/c1-2-6(11)5(4-16)8(9(14)15)13-7(12)3-10/h5-6,8,16H,2-4,11H2,1H3,(H2,12,13)(H,14,15)/t5?,6?,8-/m0/s1. The van der Waals surface area contributed by atoms with E-state index in [-0.39, 0.29) is 17.6 Å². The van der Waals surface area contributed by atoms with E-state index in [1.807, 2.05) is 6.92 Å². The monoisotopic (exact) mass is 251 g/mol. The van der Waals surface area contributed by atoms with Crippen molar-refractivity contribution >= 4 is 24.4 Å². The predicted octanol–water partition coefficient (Wildman–Crippen LogP) is 0.0496. The zero-order chi connectivity index (χ0) is 12.7. The molecule has 0 saturated carbocycles. The van der Waals surface area contributed by atoms with E-state index in [1.54, 1.807) is 0 Å². The highest BCUT2D eigenvalue weighted by Crippen LogP contribution is 2.16. The van der Waals surface area contributed by atoms with Crippen molar-refractivity contribution in [3.05, 3.63) is 0 Å². The lowest BCUT2D eigenvalue weighted by Crippen LogP contribution is -2.43. The van der Waals surface area contributed by atoms with E-state index in [1.165, 1.54) is 0 Å². The molecule has 0 aromatic rings. The molecule has 16 heavy (non-hydrogen) atoms. The normalized spacial score (nSPS) is 17.9. The molecule has 0 aliphatic rings. The summed E-state index contributed by atoms with van der Waals surface area (Å²) in [6.45, 7) is 0.868. The second-order valence-corrected chi connectivity index (χ2v) is 3.82. The third kappa shape index (κ3) is 4.36. The number of amidine groups is 1. The van der Waals surface area contributed by atoms with E-state index in [0.717, 1.165) is 0 Å². The van der Waals surface area contributed by atoms with Gasteiger partial charge in [-0.05, 0) is 12.2 Å². The number of thiol groups is 1. The summed E-state index contributed by atoms with van der Waals surface area (Å²) in [6, 6.07) is -1.49. The number of carboxylic acid groups (broad SMARTS) is 1. The lowest BCUT2D eigenvalue weighted by atomic mass is 9.92. The lowest BCUT2D eigenvalue weighted by Gasteiger charge is -2.24. The van der Waals surface area contributed by atoms with Gasteiger partial charge in [0, 0.05) is 12.0 Å². The van der Waals surface area contributed by atoms with Gasteiger partial charge in [0.05, 0.1) is 0 Å². The molecule has 0 aromatic heterocycles. The maximum atomic E-state index is 12.2. The minimum atomic E-state index is -1.17. The van der Waals surface area contributed by atoms with Crippen LogP contribution < -0.4 is 11.5 Å². The molecule has 0 aromatic carbocycles. The van der Waals surface area contributed by atoms with Crippen LogP contribution in [0.15, 0.2) is 4.99 Å². The van der Waals surface area contributed by atoms with Crippen molar-refractivity contribution in [2.24, 2.45) is 22.4 Å². The lowest BCUT2D eigenvalue weighted by molar-refractivity contribution is -0.139. The SMILES string of the molecule is CCC(N)C(CS)[C@H](N=C(N)CF)C(=O)O. The van der Waals surface area contributed by atoms with Gasteiger partial charge in [-0.3, -0.25) is 4.99 Å². The first kappa shape index (κ1) is 15.2. The molecule has 5 nitrogen and oxygen atoms in total. The van der Waals surface area contributed by atoms with Gasteiger partial charge < -0.3 is 16.6 Å². The number of rotatable bonds is 7. The summed E-state index contributed by atoms with van der Waals surface area (Å²) in [5, 5.41) is 8.99. The van der Waals surface area contributed by atoms with E-state index in [9.17, 15) is 9.18 Å². The van der Waals surface area contributed by atoms with Crippen LogP contribution in [0, 0.1) is 5.92 Å². The molecule has 0 heterocycles. The third-order valence-corrected chi connectivity index (χ3v) is 2.75. The summed E-state index contributed by atoms with van der Waals surface area (Å²) in [6.07, 6.45) is 0.597. The van der Waals surface area contributed by atoms with E-state index in [0.29, 0.717) is 6.42 Å². The molecule has 7 heteroatoms. The van der Waals surface area contributed by atoms with Crippen molar-refractivity contribution in [1.82, 2.24) is 0 Å². The quantitative estimate of drug-likeness (QED) is 0.292. The third-order valence-electron chi connectivity index (χ3n) is 2.33. The molecule has 0 radical (unpaired) electrons. The first-order chi connectivity index (χ1) is 7.47. The molecule has 5 N–H and O–H groups in total. The fraction of sp³-hybridized carbons (Fsp3) is 0.778. The fourth-order valence-corrected chi connectivity index (χ4v) is 1.79. The Morgan fingerprint density at radius 2 is 2.19 bits per heavy atom. The molecule has 2 unspecified atom stereocenters. The molecular weight excluding hydrogens is 233 g/mol. The van der Waals surface area contributed by atoms with Crippen LogP contribution in [-0.2, 0) is 4.79 Å². The maximum Gasteiger partial charge on any atom is 0.328 e. The molecule has 0 aliphatic carbocycles. The topological polar surface area (TPSA) is 102 Å². The minimum absolute atomic E-state index is 0.259. The van der Waals surface area contributed by atoms with Gasteiger partial charge in [0.2, 0.25) is 0 Å². The van der Waals surface area contributed by atoms with Gasteiger partial charge in [0.25, 0.3) is 0 Å². The van der Waals surface area contributed by atoms with Crippen LogP contribution in [-0.4, -0.2) is 41.4 Å². The maximum absolute atomic E-state index is 12.2. The number of alkyl halides is 1. The van der Waals surface area contributed by atoms with Crippen LogP contribution in [0.3, 0.4) is 0 Å². The van der Waals surface area contributed by atoms with Crippen LogP contribution >= 0.6 is 12.6 Å². The highest BCUT2D eigenvalue weighted by molar-refractivity contribution is 7.80. The van der Waals surface area contributed by atoms with E-state index in [4.69, 9.17) is 16.6 Å². The Morgan fingerprint density at radius 3 is 2.50 bits per heavy atom. The van der Waals surface area contributed by atoms with Crippen molar-refractivity contribution in [3.8, 4) is 0 Å². The molecule has 94 valence electrons. The molecule has 0 spiro atoms. The number of hydrogen-bond acceptors (Lipinski definition) is 4. The summed E-state index contributed by atoms with van der Waals surface area (Å²) < 4.78 is 12.2. The first-order valence-electron chi connectivity index (χ1n) is 4.95. The number of nitrogens with zero attached hydrogens (tertiary/aromatic N) is 1. The smallest absolute Gasteiger partial charge is 0.328 e. The highest BCUT2D eigenvalue weighted by atomic mass is 32.1. The number of halogens is 1. The van der Waals surface area contributed by atoms with E-state index < -0.39 is 24.6 Å². The average Bonchev–Trinajstić information content (AvgIpc) is 2.27. The molecule has 0 saturated heterocycles. The molecule has 0 bridgehead atoms. The van der Waals surface area contributed by atoms with Crippen LogP contribution in [0.4, 0.5) is 4.39 Å². The predicted molar refractivity (Wildman–Crippen MR) is 64.6 cm³/mol. The average molecular weight is 251 g/mol. The molecular formula is C9H18FN3O2S. The number of aliphatic imine (C=N–C) groups is 1. The first-order valence-corrected chi connectivity index (χ1v) is 5.58. The van der Waals surface area contributed by atoms with Crippen LogP contribution in [0.5, 0.6) is 0 Å². The fourth-order valence-electron chi connectivity index (χ4n) is 1.32. The molecule has 0 fully saturated rings. The summed E-state index contributed by atoms with van der Waals surface area (Å²) in [5.41, 5.74) is 11.0.